The van der Waals surface area contributed by atoms with E-state index in [0.29, 0.717) is 17.1 Å². The van der Waals surface area contributed by atoms with E-state index in [0.717, 1.165) is 182 Å². The van der Waals surface area contributed by atoms with E-state index >= 15 is 4.57 Å². The highest BCUT2D eigenvalue weighted by Gasteiger charge is 2.34. The molecule has 0 atom stereocenters. The predicted octanol–water partition coefficient (Wildman–Crippen LogP) is 29.5. The summed E-state index contributed by atoms with van der Waals surface area (Å²) in [5.41, 5.74) is 18.0. The summed E-state index contributed by atoms with van der Waals surface area (Å²) >= 11 is 0. The normalized spacial score (nSPS) is 11.6. The largest absolute Gasteiger partial charge is 0.307 e. The third kappa shape index (κ3) is 14.2. The summed E-state index contributed by atoms with van der Waals surface area (Å²) in [5.74, 6) is 1.26. The highest BCUT2D eigenvalue weighted by atomic mass is 31.2. The maximum absolute atomic E-state index is 15.3. The van der Waals surface area contributed by atoms with Crippen molar-refractivity contribution in [3.8, 4) is 102 Å². The molecule has 26 rings (SSSR count). The van der Waals surface area contributed by atoms with E-state index in [-0.39, 0.29) is 0 Å². The molecular formula is C122H77N10OP. The number of nitrogens with zero attached hydrogens (tertiary/aromatic N) is 10. The van der Waals surface area contributed by atoms with Crippen molar-refractivity contribution in [2.24, 2.45) is 0 Å². The van der Waals surface area contributed by atoms with Crippen LogP contribution in [-0.4, -0.2) is 49.8 Å². The van der Waals surface area contributed by atoms with Crippen molar-refractivity contribution < 1.29 is 4.57 Å². The summed E-state index contributed by atoms with van der Waals surface area (Å²) in [5, 5.41) is 25.0. The van der Waals surface area contributed by atoms with Crippen molar-refractivity contribution in [3.63, 3.8) is 0 Å². The lowest BCUT2D eigenvalue weighted by atomic mass is 9.93. The van der Waals surface area contributed by atoms with Crippen molar-refractivity contribution in [1.82, 2.24) is 49.8 Å². The van der Waals surface area contributed by atoms with Gasteiger partial charge in [0.2, 0.25) is 0 Å². The summed E-state index contributed by atoms with van der Waals surface area (Å²) in [6.07, 6.45) is 5.79. The number of hydrogen-bond acceptors (Lipinski definition) is 11. The maximum atomic E-state index is 15.3. The standard InChI is InChI=1S/2C42H26N4.C38H25N2OP/c1-3-14-28(15-4-1)37-25-38(46-42(45-37)29-16-5-2-6-17-29)41-32-20-10-9-19-31(32)35(26-43-41)40-34-24-23-27-13-7-8-18-30(27)39(34)33-21-11-12-22-36(33)44-40;1-3-14-28(15-4-1)37-25-38(29-16-5-2-6-17-29)46-42(45-37)41-32-20-10-9-19-31(32)35(26-43-41)40-34-24-23-27-13-7-8-18-30(27)39(34)33-21-11-12-22-36(33)44-40;41-42(27-14-3-1-4-15-27,28-16-5-2-6-17-28)38-31-20-10-9-19-30(31)34(25-39-38)37-33-24-23-26-13-7-8-18-29(26)36(33)32-21-11-12-22-35(32)40-37/h2*1-26H;1-25H. The minimum Gasteiger partial charge on any atom is -0.307 e. The van der Waals surface area contributed by atoms with Crippen LogP contribution in [0.15, 0.2) is 468 Å². The molecule has 11 nitrogen and oxygen atoms in total. The Kier molecular flexibility index (Phi) is 20.3. The summed E-state index contributed by atoms with van der Waals surface area (Å²) in [6.45, 7) is 0. The lowest BCUT2D eigenvalue weighted by molar-refractivity contribution is 0.592. The monoisotopic (exact) mass is 1730 g/mol. The molecule has 0 saturated heterocycles. The molecule has 8 aromatic heterocycles. The van der Waals surface area contributed by atoms with Crippen LogP contribution in [0.2, 0.25) is 0 Å². The fourth-order valence-electron chi connectivity index (χ4n) is 19.3. The highest BCUT2D eigenvalue weighted by molar-refractivity contribution is 7.85. The van der Waals surface area contributed by atoms with Gasteiger partial charge in [0.15, 0.2) is 18.8 Å². The van der Waals surface area contributed by atoms with Crippen LogP contribution >= 0.6 is 7.14 Å². The van der Waals surface area contributed by atoms with E-state index in [1.807, 2.05) is 195 Å². The molecule has 0 spiro atoms. The van der Waals surface area contributed by atoms with Crippen LogP contribution in [0.3, 0.4) is 0 Å². The highest BCUT2D eigenvalue weighted by Crippen LogP contribution is 2.49. The lowest BCUT2D eigenvalue weighted by Crippen LogP contribution is -2.27. The van der Waals surface area contributed by atoms with Gasteiger partial charge >= 0.3 is 0 Å². The number of hydrogen-bond donors (Lipinski definition) is 0. The first kappa shape index (κ1) is 79.7. The zero-order valence-corrected chi connectivity index (χ0v) is 73.2. The molecule has 0 fully saturated rings. The summed E-state index contributed by atoms with van der Waals surface area (Å²) in [7, 11) is -3.28. The molecular weight excluding hydrogens is 1650 g/mol. The van der Waals surface area contributed by atoms with Gasteiger partial charge in [-0.25, -0.2) is 34.9 Å². The Morgan fingerprint density at radius 2 is 0.455 bits per heavy atom. The molecule has 0 N–H and O–H groups in total. The van der Waals surface area contributed by atoms with Crippen molar-refractivity contribution in [1.29, 1.82) is 0 Å². The van der Waals surface area contributed by atoms with Gasteiger partial charge in [0.05, 0.1) is 62.1 Å². The Balaban J connectivity index is 0.000000111. The van der Waals surface area contributed by atoms with Gasteiger partial charge in [-0.05, 0) is 78.8 Å². The third-order valence-corrected chi connectivity index (χ3v) is 28.6. The third-order valence-electron chi connectivity index (χ3n) is 25.6. The van der Waals surface area contributed by atoms with E-state index < -0.39 is 7.14 Å². The second-order valence-electron chi connectivity index (χ2n) is 33.4. The Labute approximate surface area is 771 Å². The molecule has 0 aliphatic rings. The van der Waals surface area contributed by atoms with Crippen LogP contribution in [0, 0.1) is 0 Å². The second-order valence-corrected chi connectivity index (χ2v) is 36.1. The van der Waals surface area contributed by atoms with E-state index in [1.165, 1.54) is 48.5 Å². The Morgan fingerprint density at radius 3 is 0.851 bits per heavy atom. The quantitative estimate of drug-likeness (QED) is 0.0851. The minimum atomic E-state index is -3.28. The summed E-state index contributed by atoms with van der Waals surface area (Å²) in [6, 6.07) is 153. The molecule has 0 aliphatic carbocycles. The van der Waals surface area contributed by atoms with E-state index in [4.69, 9.17) is 49.8 Å². The molecule has 18 aromatic carbocycles. The number of rotatable bonds is 12. The molecule has 626 valence electrons. The fourth-order valence-corrected chi connectivity index (χ4v) is 22.0. The molecule has 26 aromatic rings. The topological polar surface area (TPSA) is 146 Å². The van der Waals surface area contributed by atoms with Crippen LogP contribution in [0.1, 0.15) is 0 Å². The molecule has 0 bridgehead atoms. The van der Waals surface area contributed by atoms with Crippen molar-refractivity contribution in [3.05, 3.63) is 468 Å². The van der Waals surface area contributed by atoms with Crippen LogP contribution < -0.4 is 16.0 Å². The molecule has 0 saturated carbocycles. The van der Waals surface area contributed by atoms with Gasteiger partial charge in [-0.3, -0.25) is 15.0 Å². The number of fused-ring (bicyclic) bond motifs is 18. The lowest BCUT2D eigenvalue weighted by Gasteiger charge is -2.22. The first-order valence-electron chi connectivity index (χ1n) is 44.8. The molecule has 12 heteroatoms. The number of aromatic nitrogens is 10. The van der Waals surface area contributed by atoms with Gasteiger partial charge < -0.3 is 4.57 Å². The first-order chi connectivity index (χ1) is 66.4. The average Bonchev–Trinajstić information content (AvgIpc) is 0.753. The number of para-hydroxylation sites is 3. The molecule has 0 aliphatic heterocycles. The van der Waals surface area contributed by atoms with Crippen molar-refractivity contribution in [2.75, 3.05) is 0 Å². The van der Waals surface area contributed by atoms with Gasteiger partial charge in [-0.15, -0.1) is 0 Å². The fraction of sp³-hybridized carbons (Fsp3) is 0. The van der Waals surface area contributed by atoms with Gasteiger partial charge in [-0.2, -0.15) is 0 Å². The molecule has 0 unspecified atom stereocenters. The van der Waals surface area contributed by atoms with Crippen molar-refractivity contribution >= 4 is 153 Å². The van der Waals surface area contributed by atoms with E-state index in [9.17, 15) is 0 Å². The molecule has 134 heavy (non-hydrogen) atoms. The summed E-state index contributed by atoms with van der Waals surface area (Å²) < 4.78 is 15.3. The van der Waals surface area contributed by atoms with Gasteiger partial charge in [-0.1, -0.05) is 419 Å². The van der Waals surface area contributed by atoms with E-state index in [2.05, 4.69) is 273 Å². The van der Waals surface area contributed by atoms with Crippen LogP contribution in [0.5, 0.6) is 0 Å². The Bertz CT molecular complexity index is 8610. The molecule has 0 radical (unpaired) electrons. The average molecular weight is 1730 g/mol. The van der Waals surface area contributed by atoms with Gasteiger partial charge in [0, 0.05) is 133 Å². The Morgan fingerprint density at radius 1 is 0.179 bits per heavy atom. The Hall–Kier alpha value is -17.6. The number of pyridine rings is 6. The van der Waals surface area contributed by atoms with Crippen molar-refractivity contribution in [2.45, 2.75) is 0 Å². The zero-order chi connectivity index (χ0) is 89.0. The molecule has 8 heterocycles. The van der Waals surface area contributed by atoms with Gasteiger partial charge in [0.25, 0.3) is 0 Å². The molecule has 0 amide bonds. The zero-order valence-electron chi connectivity index (χ0n) is 72.3. The van der Waals surface area contributed by atoms with Crippen LogP contribution in [0.25, 0.3) is 231 Å². The van der Waals surface area contributed by atoms with Crippen LogP contribution in [-0.2, 0) is 4.57 Å². The smallest absolute Gasteiger partial charge is 0.189 e. The van der Waals surface area contributed by atoms with Gasteiger partial charge in [0.1, 0.15) is 11.1 Å². The SMILES string of the molecule is O=P(c1ccccc1)(c1ccccc1)c1ncc(-c2nc3ccccc3c3c2ccc2ccccc23)c2ccccc12.c1ccc(-c2cc(-c3ccccc3)nc(-c3ncc(-c4nc5ccccc5c5c4ccc4ccccc45)c4ccccc34)n2)cc1.c1ccc(-c2cc(-c3ncc(-c4nc5ccccc5c5c4ccc4ccccc45)c4ccccc34)nc(-c3ccccc3)n2)cc1. The minimum absolute atomic E-state index is 0.588. The summed E-state index contributed by atoms with van der Waals surface area (Å²) in [4.78, 5) is 51.3. The predicted molar refractivity (Wildman–Crippen MR) is 556 cm³/mol. The first-order valence-corrected chi connectivity index (χ1v) is 46.5. The van der Waals surface area contributed by atoms with E-state index in [1.54, 1.807) is 0 Å². The maximum Gasteiger partial charge on any atom is 0.189 e. The number of benzene rings is 18. The van der Waals surface area contributed by atoms with Crippen LogP contribution in [0.4, 0.5) is 0 Å². The second kappa shape index (κ2) is 34.1.